The number of fused-ring (bicyclic) bond motifs is 1. The molecule has 10 heteroatoms. The largest absolute Gasteiger partial charge is 0.497 e. The van der Waals surface area contributed by atoms with E-state index in [4.69, 9.17) is 4.74 Å². The van der Waals surface area contributed by atoms with Crippen LogP contribution in [0.25, 0.3) is 16.3 Å². The summed E-state index contributed by atoms with van der Waals surface area (Å²) in [5, 5.41) is 8.62. The fourth-order valence-electron chi connectivity index (χ4n) is 4.26. The summed E-state index contributed by atoms with van der Waals surface area (Å²) in [6.07, 6.45) is 1.65. The Morgan fingerprint density at radius 3 is 2.48 bits per heavy atom. The maximum atomic E-state index is 13.4. The molecule has 0 aliphatic carbocycles. The summed E-state index contributed by atoms with van der Waals surface area (Å²) >= 11 is 2.73. The van der Waals surface area contributed by atoms with Crippen molar-refractivity contribution in [2.24, 2.45) is 0 Å². The molecule has 44 heavy (non-hydrogen) atoms. The molecule has 0 spiro atoms. The Balaban J connectivity index is 1.27. The van der Waals surface area contributed by atoms with E-state index in [1.165, 1.54) is 23.1 Å². The highest BCUT2D eigenvalue weighted by Crippen LogP contribution is 2.31. The van der Waals surface area contributed by atoms with Crippen LogP contribution in [0.15, 0.2) is 108 Å². The fraction of sp³-hybridized carbons (Fsp3) is 0.118. The topological polar surface area (TPSA) is 109 Å². The maximum absolute atomic E-state index is 13.4. The predicted molar refractivity (Wildman–Crippen MR) is 178 cm³/mol. The number of benzene rings is 4. The molecule has 0 bridgehead atoms. The Bertz CT molecular complexity index is 1850. The molecule has 0 saturated heterocycles. The van der Waals surface area contributed by atoms with Gasteiger partial charge in [-0.15, -0.1) is 11.8 Å². The van der Waals surface area contributed by atoms with E-state index in [1.807, 2.05) is 68.4 Å². The van der Waals surface area contributed by atoms with E-state index in [1.54, 1.807) is 55.7 Å². The van der Waals surface area contributed by atoms with Gasteiger partial charge in [-0.2, -0.15) is 0 Å². The van der Waals surface area contributed by atoms with Crippen LogP contribution in [0.2, 0.25) is 0 Å². The summed E-state index contributed by atoms with van der Waals surface area (Å²) in [5.74, 6) is -0.332. The summed E-state index contributed by atoms with van der Waals surface area (Å²) in [6, 6.07) is 29.1. The third kappa shape index (κ3) is 7.91. The van der Waals surface area contributed by atoms with Crippen molar-refractivity contribution >= 4 is 67.9 Å². The van der Waals surface area contributed by atoms with Gasteiger partial charge in [0.25, 0.3) is 11.8 Å². The van der Waals surface area contributed by atoms with Crippen LogP contribution in [0.3, 0.4) is 0 Å². The highest BCUT2D eigenvalue weighted by atomic mass is 32.2. The zero-order valence-electron chi connectivity index (χ0n) is 24.3. The van der Waals surface area contributed by atoms with Crippen molar-refractivity contribution in [3.05, 3.63) is 119 Å². The van der Waals surface area contributed by atoms with Crippen LogP contribution in [0, 0.1) is 6.92 Å². The number of anilines is 2. The number of methoxy groups -OCH3 is 1. The molecular formula is C34H30N4O4S2. The number of carbonyl (C=O) groups is 3. The number of aromatic nitrogens is 1. The summed E-state index contributed by atoms with van der Waals surface area (Å²) in [4.78, 5) is 44.6. The van der Waals surface area contributed by atoms with Crippen molar-refractivity contribution < 1.29 is 19.1 Å². The predicted octanol–water partition coefficient (Wildman–Crippen LogP) is 7.14. The van der Waals surface area contributed by atoms with Crippen molar-refractivity contribution in [1.82, 2.24) is 10.3 Å². The number of rotatable bonds is 10. The van der Waals surface area contributed by atoms with E-state index in [-0.39, 0.29) is 11.6 Å². The monoisotopic (exact) mass is 622 g/mol. The van der Waals surface area contributed by atoms with Crippen molar-refractivity contribution in [2.75, 3.05) is 17.7 Å². The summed E-state index contributed by atoms with van der Waals surface area (Å²) in [6.45, 7) is 3.77. The molecule has 5 rings (SSSR count). The number of nitrogens with zero attached hydrogens (tertiary/aromatic N) is 1. The van der Waals surface area contributed by atoms with Gasteiger partial charge < -0.3 is 20.7 Å². The molecule has 3 amide bonds. The maximum Gasteiger partial charge on any atom is 0.272 e. The van der Waals surface area contributed by atoms with Crippen LogP contribution in [0.1, 0.15) is 28.4 Å². The van der Waals surface area contributed by atoms with Crippen LogP contribution < -0.4 is 20.7 Å². The molecule has 1 unspecified atom stereocenters. The molecule has 0 radical (unpaired) electrons. The Labute approximate surface area is 263 Å². The molecule has 1 aromatic heterocycles. The zero-order chi connectivity index (χ0) is 31.1. The molecule has 0 saturated carbocycles. The standard InChI is InChI=1S/C34H30N4O4S2/c1-21-9-7-10-23(17-21)18-29(36-32(40)24-11-5-4-6-12-24)33(41)35-25-13-8-14-27(19-25)43-22(2)31(39)38-34-37-28-16-15-26(42-3)20-30(28)44-34/h4-20,22H,1-3H3,(H,35,41)(H,36,40)(H,37,38,39)/b29-18+. The first-order valence-corrected chi connectivity index (χ1v) is 15.5. The number of carbonyl (C=O) groups excluding carboxylic acids is 3. The van der Waals surface area contributed by atoms with Gasteiger partial charge in [0.15, 0.2) is 5.13 Å². The lowest BCUT2D eigenvalue weighted by molar-refractivity contribution is -0.115. The molecule has 1 heterocycles. The third-order valence-electron chi connectivity index (χ3n) is 6.48. The van der Waals surface area contributed by atoms with Gasteiger partial charge in [-0.25, -0.2) is 4.98 Å². The minimum absolute atomic E-state index is 0.101. The van der Waals surface area contributed by atoms with Gasteiger partial charge in [-0.1, -0.05) is 65.4 Å². The SMILES string of the molecule is COc1ccc2nc(NC(=O)C(C)Sc3cccc(NC(=O)/C(=C\c4cccc(C)c4)NC(=O)c4ccccc4)c3)sc2c1. The molecule has 0 aliphatic heterocycles. The number of thiazole rings is 1. The van der Waals surface area contributed by atoms with Crippen molar-refractivity contribution in [3.8, 4) is 5.75 Å². The minimum atomic E-state index is -0.476. The Morgan fingerprint density at radius 2 is 1.70 bits per heavy atom. The number of ether oxygens (including phenoxy) is 1. The van der Waals surface area contributed by atoms with E-state index in [2.05, 4.69) is 20.9 Å². The van der Waals surface area contributed by atoms with Crippen LogP contribution in [0.5, 0.6) is 5.75 Å². The van der Waals surface area contributed by atoms with Gasteiger partial charge in [0.2, 0.25) is 5.91 Å². The number of amides is 3. The third-order valence-corrected chi connectivity index (χ3v) is 8.51. The highest BCUT2D eigenvalue weighted by molar-refractivity contribution is 8.00. The molecule has 0 aliphatic rings. The zero-order valence-corrected chi connectivity index (χ0v) is 25.9. The lowest BCUT2D eigenvalue weighted by Gasteiger charge is -2.14. The second kappa shape index (κ2) is 14.0. The number of nitrogens with one attached hydrogen (secondary N) is 3. The van der Waals surface area contributed by atoms with E-state index < -0.39 is 17.1 Å². The number of hydrogen-bond acceptors (Lipinski definition) is 7. The van der Waals surface area contributed by atoms with Gasteiger partial charge in [-0.3, -0.25) is 14.4 Å². The van der Waals surface area contributed by atoms with Crippen LogP contribution in [-0.4, -0.2) is 35.1 Å². The molecule has 5 aromatic rings. The smallest absolute Gasteiger partial charge is 0.272 e. The summed E-state index contributed by atoms with van der Waals surface area (Å²) in [7, 11) is 1.61. The molecule has 0 fully saturated rings. The van der Waals surface area contributed by atoms with Crippen molar-refractivity contribution in [2.45, 2.75) is 24.0 Å². The number of hydrogen-bond donors (Lipinski definition) is 3. The second-order valence-corrected chi connectivity index (χ2v) is 12.3. The van der Waals surface area contributed by atoms with Gasteiger partial charge in [-0.05, 0) is 74.0 Å². The van der Waals surface area contributed by atoms with E-state index in [0.717, 1.165) is 32.0 Å². The Hall–Kier alpha value is -4.93. The number of aryl methyl sites for hydroxylation is 1. The second-order valence-electron chi connectivity index (χ2n) is 9.88. The van der Waals surface area contributed by atoms with Crippen molar-refractivity contribution in [1.29, 1.82) is 0 Å². The molecule has 8 nitrogen and oxygen atoms in total. The first kappa shape index (κ1) is 30.5. The van der Waals surface area contributed by atoms with Crippen molar-refractivity contribution in [3.63, 3.8) is 0 Å². The highest BCUT2D eigenvalue weighted by Gasteiger charge is 2.18. The van der Waals surface area contributed by atoms with Crippen LogP contribution in [0.4, 0.5) is 10.8 Å². The first-order chi connectivity index (χ1) is 21.3. The molecule has 222 valence electrons. The molecule has 3 N–H and O–H groups in total. The fourth-order valence-corrected chi connectivity index (χ4v) is 6.09. The average Bonchev–Trinajstić information content (AvgIpc) is 3.42. The van der Waals surface area contributed by atoms with Gasteiger partial charge in [0.05, 0.1) is 22.6 Å². The summed E-state index contributed by atoms with van der Waals surface area (Å²) < 4.78 is 6.19. The lowest BCUT2D eigenvalue weighted by Crippen LogP contribution is -2.30. The quantitative estimate of drug-likeness (QED) is 0.113. The van der Waals surface area contributed by atoms with Crippen LogP contribution in [-0.2, 0) is 9.59 Å². The Morgan fingerprint density at radius 1 is 0.909 bits per heavy atom. The van der Waals surface area contributed by atoms with Gasteiger partial charge >= 0.3 is 0 Å². The first-order valence-electron chi connectivity index (χ1n) is 13.8. The summed E-state index contributed by atoms with van der Waals surface area (Å²) in [5.41, 5.74) is 3.65. The van der Waals surface area contributed by atoms with E-state index in [9.17, 15) is 14.4 Å². The van der Waals surface area contributed by atoms with Gasteiger partial charge in [0, 0.05) is 16.1 Å². The molecular weight excluding hydrogens is 593 g/mol. The normalized spacial score (nSPS) is 11.9. The average molecular weight is 623 g/mol. The minimum Gasteiger partial charge on any atom is -0.497 e. The number of thioether (sulfide) groups is 1. The molecule has 1 atom stereocenters. The van der Waals surface area contributed by atoms with E-state index in [0.29, 0.717) is 16.4 Å². The van der Waals surface area contributed by atoms with E-state index >= 15 is 0 Å². The van der Waals surface area contributed by atoms with Crippen LogP contribution >= 0.6 is 23.1 Å². The Kier molecular flexibility index (Phi) is 9.73. The lowest BCUT2D eigenvalue weighted by atomic mass is 10.1. The molecule has 4 aromatic carbocycles. The van der Waals surface area contributed by atoms with Gasteiger partial charge in [0.1, 0.15) is 11.4 Å².